The molecule has 0 aliphatic carbocycles. The van der Waals surface area contributed by atoms with E-state index in [9.17, 15) is 8.42 Å². The van der Waals surface area contributed by atoms with Gasteiger partial charge in [-0.2, -0.15) is 9.57 Å². The van der Waals surface area contributed by atoms with Crippen LogP contribution in [0.15, 0.2) is 51.1 Å². The average Bonchev–Trinajstić information content (AvgIpc) is 3.34. The fraction of sp³-hybridized carbons (Fsp3) is 0.400. The molecule has 0 atom stereocenters. The van der Waals surface area contributed by atoms with Gasteiger partial charge < -0.3 is 8.98 Å². The lowest BCUT2D eigenvalue weighted by molar-refractivity contribution is 0.445. The van der Waals surface area contributed by atoms with Crippen LogP contribution in [0.3, 0.4) is 0 Å². The van der Waals surface area contributed by atoms with Gasteiger partial charge in [0, 0.05) is 25.3 Å². The van der Waals surface area contributed by atoms with Crippen molar-refractivity contribution in [2.24, 2.45) is 0 Å². The van der Waals surface area contributed by atoms with E-state index >= 15 is 0 Å². The van der Waals surface area contributed by atoms with Crippen LogP contribution >= 0.6 is 11.8 Å². The van der Waals surface area contributed by atoms with Crippen LogP contribution in [0.1, 0.15) is 32.4 Å². The smallest absolute Gasteiger partial charge is 0.243 e. The fourth-order valence-electron chi connectivity index (χ4n) is 3.10. The van der Waals surface area contributed by atoms with Crippen molar-refractivity contribution < 1.29 is 12.8 Å². The fourth-order valence-corrected chi connectivity index (χ4v) is 5.53. The lowest BCUT2D eigenvalue weighted by Gasteiger charge is -2.18. The normalized spacial score (nSPS) is 11.9. The van der Waals surface area contributed by atoms with Gasteiger partial charge in [0.15, 0.2) is 5.16 Å². The summed E-state index contributed by atoms with van der Waals surface area (Å²) in [5, 5.41) is 9.53. The van der Waals surface area contributed by atoms with E-state index in [1.807, 2.05) is 30.5 Å². The maximum Gasteiger partial charge on any atom is 0.243 e. The van der Waals surface area contributed by atoms with Gasteiger partial charge in [0.05, 0.1) is 34.8 Å². The third-order valence-electron chi connectivity index (χ3n) is 4.59. The summed E-state index contributed by atoms with van der Waals surface area (Å²) in [6.07, 6.45) is 2.90. The van der Waals surface area contributed by atoms with Crippen molar-refractivity contribution in [3.63, 3.8) is 0 Å². The van der Waals surface area contributed by atoms with Crippen LogP contribution in [0.5, 0.6) is 0 Å². The molecule has 154 valence electrons. The van der Waals surface area contributed by atoms with Crippen molar-refractivity contribution in [2.75, 3.05) is 18.8 Å². The molecular formula is C20H24N4O3S2. The number of unbranched alkanes of at least 4 members (excludes halogenated alkanes) is 1. The van der Waals surface area contributed by atoms with Crippen molar-refractivity contribution in [2.45, 2.75) is 43.3 Å². The van der Waals surface area contributed by atoms with Crippen molar-refractivity contribution in [1.82, 2.24) is 13.9 Å². The molecule has 0 amide bonds. The van der Waals surface area contributed by atoms with E-state index in [1.165, 1.54) is 4.31 Å². The lowest BCUT2D eigenvalue weighted by Crippen LogP contribution is -2.30. The lowest BCUT2D eigenvalue weighted by atomic mass is 10.3. The molecular weight excluding hydrogens is 408 g/mol. The highest BCUT2D eigenvalue weighted by Crippen LogP contribution is 2.28. The molecule has 3 rings (SSSR count). The van der Waals surface area contributed by atoms with E-state index in [0.29, 0.717) is 31.6 Å². The van der Waals surface area contributed by atoms with Crippen LogP contribution in [0.2, 0.25) is 0 Å². The summed E-state index contributed by atoms with van der Waals surface area (Å²) in [5.74, 6) is 1.56. The van der Waals surface area contributed by atoms with Crippen molar-refractivity contribution in [3.05, 3.63) is 42.4 Å². The minimum Gasteiger partial charge on any atom is -0.467 e. The highest BCUT2D eigenvalue weighted by Gasteiger charge is 2.23. The third kappa shape index (κ3) is 4.66. The Hall–Kier alpha value is -2.28. The molecule has 0 aliphatic rings. The highest BCUT2D eigenvalue weighted by atomic mass is 32.2. The largest absolute Gasteiger partial charge is 0.467 e. The van der Waals surface area contributed by atoms with Crippen molar-refractivity contribution >= 4 is 32.8 Å². The minimum absolute atomic E-state index is 0.248. The van der Waals surface area contributed by atoms with Crippen LogP contribution in [0.4, 0.5) is 0 Å². The highest BCUT2D eigenvalue weighted by molar-refractivity contribution is 7.99. The number of nitriles is 1. The summed E-state index contributed by atoms with van der Waals surface area (Å²) in [7, 11) is -3.55. The summed E-state index contributed by atoms with van der Waals surface area (Å²) in [6, 6.07) is 11.0. The van der Waals surface area contributed by atoms with Crippen LogP contribution in [0.25, 0.3) is 11.0 Å². The molecule has 29 heavy (non-hydrogen) atoms. The molecule has 0 aliphatic heterocycles. The first kappa shape index (κ1) is 21.4. The summed E-state index contributed by atoms with van der Waals surface area (Å²) in [5.41, 5.74) is 1.48. The zero-order chi connectivity index (χ0) is 20.9. The van der Waals surface area contributed by atoms with Crippen molar-refractivity contribution in [1.29, 1.82) is 5.26 Å². The van der Waals surface area contributed by atoms with Gasteiger partial charge in [-0.15, -0.1) is 0 Å². The molecule has 0 fully saturated rings. The molecule has 0 saturated heterocycles. The Bertz CT molecular complexity index is 1090. The molecule has 0 N–H and O–H groups in total. The van der Waals surface area contributed by atoms with E-state index in [2.05, 4.69) is 6.07 Å². The van der Waals surface area contributed by atoms with Crippen molar-refractivity contribution in [3.8, 4) is 6.07 Å². The second kappa shape index (κ2) is 9.48. The second-order valence-electron chi connectivity index (χ2n) is 6.41. The molecule has 0 bridgehead atoms. The predicted molar refractivity (Wildman–Crippen MR) is 113 cm³/mol. The maximum atomic E-state index is 12.9. The van der Waals surface area contributed by atoms with Gasteiger partial charge >= 0.3 is 0 Å². The number of hydrogen-bond donors (Lipinski definition) is 0. The molecule has 0 spiro atoms. The number of rotatable bonds is 10. The number of thioether (sulfide) groups is 1. The summed E-state index contributed by atoms with van der Waals surface area (Å²) < 4.78 is 34.7. The number of imidazole rings is 1. The minimum atomic E-state index is -3.55. The molecule has 0 saturated carbocycles. The van der Waals surface area contributed by atoms with E-state index < -0.39 is 10.0 Å². The summed E-state index contributed by atoms with van der Waals surface area (Å²) >= 11 is 1.56. The molecule has 1 aromatic carbocycles. The first-order valence-electron chi connectivity index (χ1n) is 9.53. The van der Waals surface area contributed by atoms with Crippen LogP contribution in [0, 0.1) is 11.3 Å². The van der Waals surface area contributed by atoms with Gasteiger partial charge in [-0.05, 0) is 36.8 Å². The number of benzene rings is 1. The van der Waals surface area contributed by atoms with Gasteiger partial charge in [0.1, 0.15) is 5.76 Å². The third-order valence-corrected chi connectivity index (χ3v) is 7.69. The second-order valence-corrected chi connectivity index (χ2v) is 9.41. The Balaban J connectivity index is 2.00. The zero-order valence-electron chi connectivity index (χ0n) is 16.5. The summed E-state index contributed by atoms with van der Waals surface area (Å²) in [6.45, 7) is 5.00. The van der Waals surface area contributed by atoms with Crippen LogP contribution in [-0.4, -0.2) is 41.1 Å². The average molecular weight is 433 g/mol. The molecule has 7 nitrogen and oxygen atoms in total. The van der Waals surface area contributed by atoms with Crippen LogP contribution in [-0.2, 0) is 16.6 Å². The SMILES string of the molecule is CCN(CC)S(=O)(=O)c1ccc2c(c1)nc(SCCCC#N)n2Cc1ccco1. The first-order valence-corrected chi connectivity index (χ1v) is 12.0. The standard InChI is InChI=1S/C20H24N4O3S2/c1-3-23(4-2)29(25,26)17-9-10-19-18(14-17)22-20(28-13-6-5-11-21)24(19)15-16-8-7-12-27-16/h7-10,12,14H,3-6,13,15H2,1-2H3. The Morgan fingerprint density at radius 3 is 2.72 bits per heavy atom. The summed E-state index contributed by atoms with van der Waals surface area (Å²) in [4.78, 5) is 4.94. The van der Waals surface area contributed by atoms with E-state index in [4.69, 9.17) is 14.7 Å². The Morgan fingerprint density at radius 1 is 1.28 bits per heavy atom. The number of furan rings is 1. The van der Waals surface area contributed by atoms with Gasteiger partial charge in [0.25, 0.3) is 0 Å². The molecule has 9 heteroatoms. The molecule has 2 aromatic heterocycles. The number of fused-ring (bicyclic) bond motifs is 1. The first-order chi connectivity index (χ1) is 14.0. The molecule has 0 radical (unpaired) electrons. The monoisotopic (exact) mass is 432 g/mol. The predicted octanol–water partition coefficient (Wildman–Crippen LogP) is 4.10. The van der Waals surface area contributed by atoms with Gasteiger partial charge in [-0.3, -0.25) is 0 Å². The molecule has 2 heterocycles. The number of sulfonamides is 1. The van der Waals surface area contributed by atoms with E-state index in [0.717, 1.165) is 28.6 Å². The van der Waals surface area contributed by atoms with E-state index in [1.54, 1.807) is 36.2 Å². The Labute approximate surface area is 175 Å². The number of aromatic nitrogens is 2. The molecule has 0 unspecified atom stereocenters. The molecule has 3 aromatic rings. The van der Waals surface area contributed by atoms with Crippen LogP contribution < -0.4 is 0 Å². The maximum absolute atomic E-state index is 12.9. The van der Waals surface area contributed by atoms with Gasteiger partial charge in [-0.25, -0.2) is 13.4 Å². The van der Waals surface area contributed by atoms with E-state index in [-0.39, 0.29) is 4.90 Å². The Kier molecular flexibility index (Phi) is 7.00. The topological polar surface area (TPSA) is 92.1 Å². The number of nitrogens with zero attached hydrogens (tertiary/aromatic N) is 4. The zero-order valence-corrected chi connectivity index (χ0v) is 18.2. The number of hydrogen-bond acceptors (Lipinski definition) is 6. The van der Waals surface area contributed by atoms with Gasteiger partial charge in [0.2, 0.25) is 10.0 Å². The van der Waals surface area contributed by atoms with Gasteiger partial charge in [-0.1, -0.05) is 25.6 Å². The quantitative estimate of drug-likeness (QED) is 0.354. The Morgan fingerprint density at radius 2 is 2.07 bits per heavy atom.